The molecule has 6 aliphatic rings. The average molecular weight is 659 g/mol. The van der Waals surface area contributed by atoms with E-state index in [2.05, 4.69) is 152 Å². The Kier molecular flexibility index (Phi) is 7.86. The van der Waals surface area contributed by atoms with Crippen LogP contribution < -0.4 is 10.4 Å². The van der Waals surface area contributed by atoms with Crippen molar-refractivity contribution in [2.24, 2.45) is 23.7 Å². The molecule has 5 atom stereocenters. The van der Waals surface area contributed by atoms with E-state index in [-0.39, 0.29) is 0 Å². The summed E-state index contributed by atoms with van der Waals surface area (Å²) in [5.41, 5.74) is 10.8. The average Bonchev–Trinajstić information content (AvgIpc) is 3.51. The highest BCUT2D eigenvalue weighted by Gasteiger charge is 2.33. The van der Waals surface area contributed by atoms with E-state index in [0.29, 0.717) is 29.6 Å². The summed E-state index contributed by atoms with van der Waals surface area (Å²) in [5, 5.41) is 8.57. The number of fused-ring (bicyclic) bond motifs is 6. The minimum absolute atomic E-state index is 0.400. The van der Waals surface area contributed by atoms with Crippen LogP contribution in [0.5, 0.6) is 0 Å². The molecule has 0 spiro atoms. The Morgan fingerprint density at radius 2 is 1.20 bits per heavy atom. The summed E-state index contributed by atoms with van der Waals surface area (Å²) in [6, 6.07) is 27.9. The van der Waals surface area contributed by atoms with Crippen LogP contribution in [0.4, 0.5) is 0 Å². The molecule has 0 fully saturated rings. The molecule has 0 aromatic heterocycles. The fourth-order valence-electron chi connectivity index (χ4n) is 10.5. The molecular formula is C51H46. The zero-order valence-electron chi connectivity index (χ0n) is 29.5. The SMILES string of the molecule is C1=CCC(c2c3ccccc3c(C3=CC=C(C4=c5ccccc5=C(C5=CC6C=CC=CC6CC5)C5CCC=CC4C5)CC3)c3ccccc23)C=C1. The molecule has 0 N–H and O–H groups in total. The lowest BCUT2D eigenvalue weighted by Gasteiger charge is -2.31. The Labute approximate surface area is 302 Å². The molecule has 0 heterocycles. The van der Waals surface area contributed by atoms with E-state index < -0.39 is 0 Å². The van der Waals surface area contributed by atoms with Crippen molar-refractivity contribution in [3.63, 3.8) is 0 Å². The molecule has 0 aliphatic heterocycles. The van der Waals surface area contributed by atoms with E-state index in [1.807, 2.05) is 0 Å². The molecule has 4 aromatic carbocycles. The third kappa shape index (κ3) is 5.34. The molecule has 250 valence electrons. The maximum Gasteiger partial charge on any atom is 0.00680 e. The zero-order valence-corrected chi connectivity index (χ0v) is 29.5. The standard InChI is InChI=1S/C51H46/c1-2-15-35(16-3-1)50-44-22-10-12-24-46(44)51(47-25-13-11-23-45(47)50)37-29-27-36(28-30-37)48-39-18-6-7-19-40(33-39)49(43-21-9-8-20-42(43)48)41-31-26-34-14-4-5-17-38(34)32-41/h1-6,8-15,17-18,20-25,27,29,32,34-35,38-40H,7,16,19,26,28,30-31,33H2. The van der Waals surface area contributed by atoms with Crippen LogP contribution >= 0.6 is 0 Å². The highest BCUT2D eigenvalue weighted by molar-refractivity contribution is 6.12. The van der Waals surface area contributed by atoms with E-state index in [9.17, 15) is 0 Å². The summed E-state index contributed by atoms with van der Waals surface area (Å²) in [6.07, 6.45) is 40.5. The number of hydrogen-bond donors (Lipinski definition) is 0. The Balaban J connectivity index is 1.15. The molecule has 6 aliphatic carbocycles. The zero-order chi connectivity index (χ0) is 33.7. The van der Waals surface area contributed by atoms with Gasteiger partial charge in [-0.2, -0.15) is 0 Å². The topological polar surface area (TPSA) is 0 Å². The molecule has 5 unspecified atom stereocenters. The summed E-state index contributed by atoms with van der Waals surface area (Å²) in [6.45, 7) is 0. The molecule has 10 rings (SSSR count). The van der Waals surface area contributed by atoms with Gasteiger partial charge in [0.2, 0.25) is 0 Å². The summed E-state index contributed by atoms with van der Waals surface area (Å²) >= 11 is 0. The van der Waals surface area contributed by atoms with Gasteiger partial charge in [-0.25, -0.2) is 0 Å². The van der Waals surface area contributed by atoms with Crippen LogP contribution in [-0.2, 0) is 0 Å². The lowest BCUT2D eigenvalue weighted by atomic mass is 9.73. The minimum Gasteiger partial charge on any atom is -0.0879 e. The summed E-state index contributed by atoms with van der Waals surface area (Å²) in [7, 11) is 0. The highest BCUT2D eigenvalue weighted by atomic mass is 14.4. The first-order valence-corrected chi connectivity index (χ1v) is 19.5. The van der Waals surface area contributed by atoms with Crippen molar-refractivity contribution in [1.82, 2.24) is 0 Å². The summed E-state index contributed by atoms with van der Waals surface area (Å²) < 4.78 is 0. The van der Waals surface area contributed by atoms with Gasteiger partial charge in [0.1, 0.15) is 0 Å². The highest BCUT2D eigenvalue weighted by Crippen LogP contribution is 2.47. The fourth-order valence-corrected chi connectivity index (χ4v) is 10.5. The third-order valence-electron chi connectivity index (χ3n) is 12.8. The quantitative estimate of drug-likeness (QED) is 0.151. The van der Waals surface area contributed by atoms with E-state index in [1.54, 1.807) is 16.7 Å². The second-order valence-electron chi connectivity index (χ2n) is 15.6. The van der Waals surface area contributed by atoms with Gasteiger partial charge in [-0.3, -0.25) is 0 Å². The molecule has 0 amide bonds. The maximum absolute atomic E-state index is 2.65. The van der Waals surface area contributed by atoms with Crippen molar-refractivity contribution in [2.75, 3.05) is 0 Å². The molecule has 0 radical (unpaired) electrons. The van der Waals surface area contributed by atoms with E-state index in [0.717, 1.165) is 19.3 Å². The molecule has 0 saturated carbocycles. The predicted molar refractivity (Wildman–Crippen MR) is 217 cm³/mol. The lowest BCUT2D eigenvalue weighted by Crippen LogP contribution is -2.32. The molecular weight excluding hydrogens is 613 g/mol. The van der Waals surface area contributed by atoms with Crippen molar-refractivity contribution in [2.45, 2.75) is 57.3 Å². The van der Waals surface area contributed by atoms with Gasteiger partial charge in [0.25, 0.3) is 0 Å². The Hall–Kier alpha value is -4.94. The van der Waals surface area contributed by atoms with E-state index >= 15 is 0 Å². The molecule has 0 saturated heterocycles. The van der Waals surface area contributed by atoms with Crippen LogP contribution in [0.2, 0.25) is 0 Å². The van der Waals surface area contributed by atoms with Gasteiger partial charge >= 0.3 is 0 Å². The van der Waals surface area contributed by atoms with Gasteiger partial charge in [0.05, 0.1) is 0 Å². The monoisotopic (exact) mass is 658 g/mol. The number of rotatable bonds is 4. The smallest absolute Gasteiger partial charge is 0.00680 e. The van der Waals surface area contributed by atoms with Crippen LogP contribution in [0.3, 0.4) is 0 Å². The fraction of sp³-hybridized carbons (Fsp3) is 0.255. The summed E-state index contributed by atoms with van der Waals surface area (Å²) in [5.74, 6) is 2.64. The van der Waals surface area contributed by atoms with Gasteiger partial charge in [-0.15, -0.1) is 0 Å². The van der Waals surface area contributed by atoms with E-state index in [1.165, 1.54) is 86.4 Å². The predicted octanol–water partition coefficient (Wildman–Crippen LogP) is 11.8. The molecule has 2 bridgehead atoms. The minimum atomic E-state index is 0.400. The van der Waals surface area contributed by atoms with Crippen LogP contribution in [0.1, 0.15) is 68.4 Å². The van der Waals surface area contributed by atoms with Crippen LogP contribution in [0.15, 0.2) is 163 Å². The van der Waals surface area contributed by atoms with Crippen LogP contribution in [-0.4, -0.2) is 0 Å². The maximum atomic E-state index is 2.65. The molecule has 51 heavy (non-hydrogen) atoms. The van der Waals surface area contributed by atoms with Crippen molar-refractivity contribution >= 4 is 38.3 Å². The molecule has 0 nitrogen and oxygen atoms in total. The Bertz CT molecular complexity index is 2390. The first kappa shape index (κ1) is 30.8. The number of benzene rings is 4. The first-order valence-electron chi connectivity index (χ1n) is 19.5. The van der Waals surface area contributed by atoms with Crippen molar-refractivity contribution in [3.05, 3.63) is 184 Å². The number of allylic oxidation sites excluding steroid dienone is 16. The Morgan fingerprint density at radius 1 is 0.510 bits per heavy atom. The van der Waals surface area contributed by atoms with Crippen molar-refractivity contribution in [1.29, 1.82) is 0 Å². The third-order valence-corrected chi connectivity index (χ3v) is 12.8. The molecule has 4 aromatic rings. The largest absolute Gasteiger partial charge is 0.0879 e. The van der Waals surface area contributed by atoms with Gasteiger partial charge in [-0.05, 0) is 134 Å². The van der Waals surface area contributed by atoms with Crippen molar-refractivity contribution in [3.8, 4) is 0 Å². The van der Waals surface area contributed by atoms with E-state index in [4.69, 9.17) is 0 Å². The second-order valence-corrected chi connectivity index (χ2v) is 15.6. The van der Waals surface area contributed by atoms with Crippen molar-refractivity contribution < 1.29 is 0 Å². The van der Waals surface area contributed by atoms with Gasteiger partial charge < -0.3 is 0 Å². The normalized spacial score (nSPS) is 26.7. The Morgan fingerprint density at radius 3 is 1.94 bits per heavy atom. The second kappa shape index (κ2) is 13.0. The van der Waals surface area contributed by atoms with Gasteiger partial charge in [0, 0.05) is 17.8 Å². The first-order chi connectivity index (χ1) is 25.3. The van der Waals surface area contributed by atoms with Crippen LogP contribution in [0, 0.1) is 23.7 Å². The summed E-state index contributed by atoms with van der Waals surface area (Å²) in [4.78, 5) is 0. The molecule has 0 heteroatoms. The van der Waals surface area contributed by atoms with Crippen LogP contribution in [0.25, 0.3) is 38.3 Å². The number of hydrogen-bond acceptors (Lipinski definition) is 0. The van der Waals surface area contributed by atoms with Gasteiger partial charge in [0.15, 0.2) is 0 Å². The van der Waals surface area contributed by atoms with Gasteiger partial charge in [-0.1, -0.05) is 152 Å². The lowest BCUT2D eigenvalue weighted by molar-refractivity contribution is 0.476.